The highest BCUT2D eigenvalue weighted by Gasteiger charge is 2.32. The van der Waals surface area contributed by atoms with E-state index in [2.05, 4.69) is 4.98 Å². The van der Waals surface area contributed by atoms with Crippen LogP contribution in [0.4, 0.5) is 4.39 Å². The number of imidazole rings is 1. The van der Waals surface area contributed by atoms with Crippen LogP contribution in [0.25, 0.3) is 11.0 Å². The Labute approximate surface area is 134 Å². The summed E-state index contributed by atoms with van der Waals surface area (Å²) in [5, 5.41) is -0.421. The average Bonchev–Trinajstić information content (AvgIpc) is 2.83. The molecular weight excluding hydrogens is 414 g/mol. The van der Waals surface area contributed by atoms with Gasteiger partial charge in [-0.2, -0.15) is 0 Å². The molecule has 0 radical (unpaired) electrons. The van der Waals surface area contributed by atoms with E-state index in [9.17, 15) is 12.8 Å². The summed E-state index contributed by atoms with van der Waals surface area (Å²) in [4.78, 5) is 3.01. The zero-order valence-corrected chi connectivity index (χ0v) is 14.2. The maximum absolute atomic E-state index is 13.7. The van der Waals surface area contributed by atoms with Crippen LogP contribution in [-0.4, -0.2) is 29.0 Å². The van der Waals surface area contributed by atoms with Crippen molar-refractivity contribution in [1.82, 2.24) is 9.55 Å². The van der Waals surface area contributed by atoms with Crippen LogP contribution in [0.15, 0.2) is 12.1 Å². The molecule has 108 valence electrons. The summed E-state index contributed by atoms with van der Waals surface area (Å²) in [6, 6.07) is 3.09. The molecule has 4 nitrogen and oxygen atoms in total. The molecule has 0 bridgehead atoms. The quantitative estimate of drug-likeness (QED) is 0.594. The summed E-state index contributed by atoms with van der Waals surface area (Å²) < 4.78 is 40.2. The van der Waals surface area contributed by atoms with Crippen LogP contribution in [-0.2, 0) is 16.4 Å². The van der Waals surface area contributed by atoms with Crippen LogP contribution in [0.5, 0.6) is 0 Å². The minimum absolute atomic E-state index is 0.236. The number of rotatable bonds is 2. The Balaban J connectivity index is 2.10. The van der Waals surface area contributed by atoms with Crippen molar-refractivity contribution in [3.05, 3.63) is 26.3 Å². The van der Waals surface area contributed by atoms with E-state index in [1.54, 1.807) is 10.6 Å². The molecule has 1 saturated heterocycles. The first kappa shape index (κ1) is 14.5. The predicted octanol–water partition coefficient (Wildman–Crippen LogP) is 3.02. The highest BCUT2D eigenvalue weighted by atomic mass is 127. The lowest BCUT2D eigenvalue weighted by Crippen LogP contribution is -2.22. The molecule has 0 aliphatic carbocycles. The van der Waals surface area contributed by atoms with Crippen molar-refractivity contribution in [2.45, 2.75) is 24.6 Å². The summed E-state index contributed by atoms with van der Waals surface area (Å²) in [7, 11) is -3.04. The third kappa shape index (κ3) is 2.41. The molecule has 3 rings (SSSR count). The minimum atomic E-state index is -3.04. The Morgan fingerprint density at radius 3 is 2.90 bits per heavy atom. The normalized spacial score (nSPS) is 21.6. The van der Waals surface area contributed by atoms with Gasteiger partial charge in [0.1, 0.15) is 5.82 Å². The van der Waals surface area contributed by atoms with Gasteiger partial charge in [0.05, 0.1) is 25.6 Å². The number of hydrogen-bond acceptors (Lipinski definition) is 3. The Bertz CT molecular complexity index is 841. The van der Waals surface area contributed by atoms with Crippen molar-refractivity contribution < 1.29 is 12.8 Å². The van der Waals surface area contributed by atoms with Crippen molar-refractivity contribution in [2.75, 3.05) is 5.75 Å². The van der Waals surface area contributed by atoms with Gasteiger partial charge >= 0.3 is 0 Å². The number of aromatic nitrogens is 2. The fourth-order valence-corrected chi connectivity index (χ4v) is 5.15. The second kappa shape index (κ2) is 5.06. The minimum Gasteiger partial charge on any atom is -0.331 e. The van der Waals surface area contributed by atoms with Gasteiger partial charge in [0.15, 0.2) is 14.6 Å². The van der Waals surface area contributed by atoms with Gasteiger partial charge < -0.3 is 9.55 Å². The van der Waals surface area contributed by atoms with E-state index in [1.807, 2.05) is 22.6 Å². The summed E-state index contributed by atoms with van der Waals surface area (Å²) in [6.07, 6.45) is 1.33. The zero-order valence-electron chi connectivity index (χ0n) is 10.4. The Hall–Kier alpha value is -0.480. The standard InChI is InChI=1S/C12H12FIN2O2S2/c13-8-4-11-10(5-9(8)14)15-12(19)16(11)6-7-2-1-3-20(7,17)18/h4-5,7H,1-3,6H2,(H,15,19). The molecule has 1 unspecified atom stereocenters. The first-order valence-corrected chi connectivity index (χ1v) is 9.38. The fraction of sp³-hybridized carbons (Fsp3) is 0.417. The Morgan fingerprint density at radius 1 is 1.50 bits per heavy atom. The molecule has 1 aromatic carbocycles. The molecule has 1 aliphatic heterocycles. The molecule has 0 amide bonds. The molecular formula is C12H12FIN2O2S2. The van der Waals surface area contributed by atoms with E-state index >= 15 is 0 Å². The van der Waals surface area contributed by atoms with Crippen LogP contribution in [0.3, 0.4) is 0 Å². The van der Waals surface area contributed by atoms with E-state index in [0.29, 0.717) is 33.2 Å². The van der Waals surface area contributed by atoms with Gasteiger partial charge in [0, 0.05) is 12.6 Å². The molecule has 8 heteroatoms. The van der Waals surface area contributed by atoms with Gasteiger partial charge in [0.25, 0.3) is 0 Å². The number of H-pyrrole nitrogens is 1. The maximum Gasteiger partial charge on any atom is 0.178 e. The van der Waals surface area contributed by atoms with Crippen LogP contribution < -0.4 is 0 Å². The first-order valence-electron chi connectivity index (χ1n) is 6.17. The zero-order chi connectivity index (χ0) is 14.5. The molecule has 2 aromatic rings. The molecule has 0 saturated carbocycles. The summed E-state index contributed by atoms with van der Waals surface area (Å²) >= 11 is 7.15. The third-order valence-electron chi connectivity index (χ3n) is 3.67. The molecule has 0 spiro atoms. The van der Waals surface area contributed by atoms with Crippen LogP contribution >= 0.6 is 34.8 Å². The summed E-state index contributed by atoms with van der Waals surface area (Å²) in [5.41, 5.74) is 1.35. The highest BCUT2D eigenvalue weighted by molar-refractivity contribution is 14.1. The van der Waals surface area contributed by atoms with Crippen molar-refractivity contribution in [3.8, 4) is 0 Å². The van der Waals surface area contributed by atoms with E-state index in [0.717, 1.165) is 5.52 Å². The molecule has 2 heterocycles. The lowest BCUT2D eigenvalue weighted by molar-refractivity contribution is 0.567. The second-order valence-electron chi connectivity index (χ2n) is 4.96. The average molecular weight is 426 g/mol. The molecule has 1 fully saturated rings. The van der Waals surface area contributed by atoms with Gasteiger partial charge in [-0.3, -0.25) is 0 Å². The lowest BCUT2D eigenvalue weighted by atomic mass is 10.2. The van der Waals surface area contributed by atoms with Gasteiger partial charge in [-0.15, -0.1) is 0 Å². The number of fused-ring (bicyclic) bond motifs is 1. The Kier molecular flexibility index (Phi) is 3.66. The van der Waals surface area contributed by atoms with Crippen molar-refractivity contribution >= 4 is 55.7 Å². The van der Waals surface area contributed by atoms with Gasteiger partial charge in [-0.25, -0.2) is 12.8 Å². The number of sulfone groups is 1. The number of benzene rings is 1. The van der Waals surface area contributed by atoms with Gasteiger partial charge in [0.2, 0.25) is 0 Å². The monoisotopic (exact) mass is 426 g/mol. The highest BCUT2D eigenvalue weighted by Crippen LogP contribution is 2.25. The Morgan fingerprint density at radius 2 is 2.25 bits per heavy atom. The predicted molar refractivity (Wildman–Crippen MR) is 86.6 cm³/mol. The number of halogens is 2. The van der Waals surface area contributed by atoms with Gasteiger partial charge in [-0.1, -0.05) is 0 Å². The molecule has 1 N–H and O–H groups in total. The molecule has 1 atom stereocenters. The van der Waals surface area contributed by atoms with Gasteiger partial charge in [-0.05, 0) is 53.7 Å². The SMILES string of the molecule is O=S1(=O)CCCC1Cn1c(=S)[nH]c2cc(I)c(F)cc21. The van der Waals surface area contributed by atoms with E-state index in [1.165, 1.54) is 6.07 Å². The molecule has 1 aliphatic rings. The lowest BCUT2D eigenvalue weighted by Gasteiger charge is -2.11. The van der Waals surface area contributed by atoms with Crippen LogP contribution in [0.2, 0.25) is 0 Å². The van der Waals surface area contributed by atoms with Crippen LogP contribution in [0.1, 0.15) is 12.8 Å². The fourth-order valence-electron chi connectivity index (χ4n) is 2.60. The molecule has 1 aromatic heterocycles. The summed E-state index contributed by atoms with van der Waals surface area (Å²) in [5.74, 6) is -0.0882. The van der Waals surface area contributed by atoms with Crippen LogP contribution in [0, 0.1) is 14.2 Å². The van der Waals surface area contributed by atoms with Crippen molar-refractivity contribution in [2.24, 2.45) is 0 Å². The topological polar surface area (TPSA) is 54.9 Å². The number of hydrogen-bond donors (Lipinski definition) is 1. The van der Waals surface area contributed by atoms with E-state index in [4.69, 9.17) is 12.2 Å². The van der Waals surface area contributed by atoms with Crippen molar-refractivity contribution in [3.63, 3.8) is 0 Å². The summed E-state index contributed by atoms with van der Waals surface area (Å²) in [6.45, 7) is 0.293. The smallest absolute Gasteiger partial charge is 0.178 e. The number of aromatic amines is 1. The maximum atomic E-state index is 13.7. The first-order chi connectivity index (χ1) is 9.38. The molecule has 20 heavy (non-hydrogen) atoms. The van der Waals surface area contributed by atoms with E-state index in [-0.39, 0.29) is 11.6 Å². The number of nitrogens with one attached hydrogen (secondary N) is 1. The second-order valence-corrected chi connectivity index (χ2v) is 8.90. The third-order valence-corrected chi connectivity index (χ3v) is 7.07. The largest absolute Gasteiger partial charge is 0.331 e. The van der Waals surface area contributed by atoms with E-state index < -0.39 is 15.1 Å². The number of nitrogens with zero attached hydrogens (tertiary/aromatic N) is 1. The van der Waals surface area contributed by atoms with Crippen molar-refractivity contribution in [1.29, 1.82) is 0 Å².